The van der Waals surface area contributed by atoms with Gasteiger partial charge in [-0.05, 0) is 18.5 Å². The third kappa shape index (κ3) is 7.81. The van der Waals surface area contributed by atoms with Gasteiger partial charge in [-0.2, -0.15) is 0 Å². The first kappa shape index (κ1) is 22.7. The Labute approximate surface area is 157 Å². The zero-order chi connectivity index (χ0) is 20.4. The highest BCUT2D eigenvalue weighted by atomic mass is 16.6. The van der Waals surface area contributed by atoms with Gasteiger partial charge in [0.2, 0.25) is 11.6 Å². The highest BCUT2D eigenvalue weighted by molar-refractivity contribution is 5.81. The summed E-state index contributed by atoms with van der Waals surface area (Å²) in [5.41, 5.74) is -1.50. The first-order chi connectivity index (χ1) is 12.7. The predicted octanol–water partition coefficient (Wildman–Crippen LogP) is 0.952. The van der Waals surface area contributed by atoms with E-state index >= 15 is 0 Å². The minimum absolute atomic E-state index is 0.0970. The van der Waals surface area contributed by atoms with Gasteiger partial charge in [0.15, 0.2) is 0 Å². The average molecular weight is 386 g/mol. The summed E-state index contributed by atoms with van der Waals surface area (Å²) in [6, 6.07) is -0.669. The molecule has 1 heterocycles. The van der Waals surface area contributed by atoms with E-state index in [2.05, 4.69) is 5.18 Å². The number of amides is 1. The summed E-state index contributed by atoms with van der Waals surface area (Å²) in [7, 11) is 0. The lowest BCUT2D eigenvalue weighted by Gasteiger charge is -2.33. The maximum absolute atomic E-state index is 12.3. The number of hydrogen-bond donors (Lipinski definition) is 0. The summed E-state index contributed by atoms with van der Waals surface area (Å²) in [5.74, 6) is -1.89. The van der Waals surface area contributed by atoms with Gasteiger partial charge in [-0.15, -0.1) is 4.91 Å². The number of rotatable bonds is 10. The fourth-order valence-electron chi connectivity index (χ4n) is 2.70. The molecule has 1 saturated heterocycles. The minimum atomic E-state index is -1.50. The van der Waals surface area contributed by atoms with Crippen LogP contribution in [-0.2, 0) is 33.4 Å². The third-order valence-corrected chi connectivity index (χ3v) is 4.20. The van der Waals surface area contributed by atoms with Crippen LogP contribution in [0.15, 0.2) is 5.18 Å². The molecule has 1 rings (SSSR count). The van der Waals surface area contributed by atoms with E-state index < -0.39 is 36.2 Å². The molecule has 0 aromatic rings. The van der Waals surface area contributed by atoms with E-state index in [0.717, 1.165) is 0 Å². The fraction of sp³-hybridized carbons (Fsp3) is 0.765. The number of carbonyl (C=O) groups is 4. The molecule has 0 bridgehead atoms. The van der Waals surface area contributed by atoms with Gasteiger partial charge in [0, 0.05) is 33.1 Å². The van der Waals surface area contributed by atoms with Crippen molar-refractivity contribution in [2.45, 2.75) is 58.2 Å². The van der Waals surface area contributed by atoms with Gasteiger partial charge >= 0.3 is 11.9 Å². The van der Waals surface area contributed by atoms with Gasteiger partial charge in [-0.25, -0.2) is 0 Å². The number of hydrogen-bond acceptors (Lipinski definition) is 9. The molecule has 1 amide bonds. The normalized spacial score (nSPS) is 16.7. The first-order valence-corrected chi connectivity index (χ1v) is 8.73. The molecule has 0 N–H and O–H groups in total. The predicted molar refractivity (Wildman–Crippen MR) is 92.4 cm³/mol. The molecule has 0 radical (unpaired) electrons. The van der Waals surface area contributed by atoms with Crippen LogP contribution in [0.4, 0.5) is 0 Å². The summed E-state index contributed by atoms with van der Waals surface area (Å²) in [4.78, 5) is 59.1. The van der Waals surface area contributed by atoms with E-state index in [1.165, 1.54) is 25.7 Å². The molecule has 1 aliphatic rings. The molecule has 10 heteroatoms. The molecule has 1 unspecified atom stereocenters. The maximum Gasteiger partial charge on any atom is 0.327 e. The standard InChI is InChI=1S/C17H26N2O8/c1-12(20)4-5-15(11-26-14(3)22)19(13(2)21)10-16(23)27-17(18-24)6-8-25-9-7-17/h15H,4-11H2,1-3H3. The van der Waals surface area contributed by atoms with Crippen molar-refractivity contribution < 1.29 is 33.4 Å². The molecule has 1 atom stereocenters. The molecule has 1 fully saturated rings. The Morgan fingerprint density at radius 1 is 1.15 bits per heavy atom. The second-order valence-electron chi connectivity index (χ2n) is 6.47. The van der Waals surface area contributed by atoms with E-state index in [-0.39, 0.29) is 51.3 Å². The van der Waals surface area contributed by atoms with Gasteiger partial charge in [0.25, 0.3) is 0 Å². The van der Waals surface area contributed by atoms with Gasteiger partial charge in [-0.1, -0.05) is 0 Å². The highest BCUT2D eigenvalue weighted by Crippen LogP contribution is 2.26. The van der Waals surface area contributed by atoms with Crippen molar-refractivity contribution in [1.82, 2.24) is 4.90 Å². The van der Waals surface area contributed by atoms with Crippen molar-refractivity contribution in [3.8, 4) is 0 Å². The molecule has 1 aliphatic heterocycles. The van der Waals surface area contributed by atoms with Crippen molar-refractivity contribution in [2.24, 2.45) is 5.18 Å². The van der Waals surface area contributed by atoms with E-state index in [1.807, 2.05) is 0 Å². The van der Waals surface area contributed by atoms with Crippen LogP contribution in [0.25, 0.3) is 0 Å². The van der Waals surface area contributed by atoms with Crippen LogP contribution in [0.3, 0.4) is 0 Å². The molecule has 0 spiro atoms. The lowest BCUT2D eigenvalue weighted by molar-refractivity contribution is -0.172. The molecule has 27 heavy (non-hydrogen) atoms. The molecule has 0 aromatic carbocycles. The minimum Gasteiger partial charge on any atom is -0.464 e. The third-order valence-electron chi connectivity index (χ3n) is 4.20. The lowest BCUT2D eigenvalue weighted by atomic mass is 10.1. The van der Waals surface area contributed by atoms with Gasteiger partial charge < -0.3 is 23.9 Å². The van der Waals surface area contributed by atoms with Crippen LogP contribution in [0, 0.1) is 4.91 Å². The number of nitroso groups, excluding NO2 is 1. The number of ketones is 1. The maximum atomic E-state index is 12.3. The Hall–Kier alpha value is -2.36. The van der Waals surface area contributed by atoms with Crippen molar-refractivity contribution in [1.29, 1.82) is 0 Å². The zero-order valence-electron chi connectivity index (χ0n) is 15.9. The largest absolute Gasteiger partial charge is 0.464 e. The molecule has 0 aromatic heterocycles. The number of esters is 2. The Kier molecular flexibility index (Phi) is 8.99. The second kappa shape index (κ2) is 10.7. The average Bonchev–Trinajstić information content (AvgIpc) is 2.60. The summed E-state index contributed by atoms with van der Waals surface area (Å²) < 4.78 is 15.3. The Morgan fingerprint density at radius 3 is 2.26 bits per heavy atom. The summed E-state index contributed by atoms with van der Waals surface area (Å²) in [6.45, 7) is 3.76. The fourth-order valence-corrected chi connectivity index (χ4v) is 2.70. The van der Waals surface area contributed by atoms with Gasteiger partial charge in [0.05, 0.1) is 19.3 Å². The lowest BCUT2D eigenvalue weighted by Crippen LogP contribution is -2.48. The molecule has 0 saturated carbocycles. The number of nitrogens with zero attached hydrogens (tertiary/aromatic N) is 2. The van der Waals surface area contributed by atoms with Gasteiger partial charge in [0.1, 0.15) is 18.9 Å². The molecule has 10 nitrogen and oxygen atoms in total. The molecular weight excluding hydrogens is 360 g/mol. The first-order valence-electron chi connectivity index (χ1n) is 8.73. The van der Waals surface area contributed by atoms with Gasteiger partial charge in [-0.3, -0.25) is 14.4 Å². The van der Waals surface area contributed by atoms with Crippen molar-refractivity contribution in [2.75, 3.05) is 26.4 Å². The van der Waals surface area contributed by atoms with Crippen LogP contribution in [0.1, 0.15) is 46.5 Å². The van der Waals surface area contributed by atoms with E-state index in [1.54, 1.807) is 0 Å². The van der Waals surface area contributed by atoms with Crippen molar-refractivity contribution in [3.63, 3.8) is 0 Å². The monoisotopic (exact) mass is 386 g/mol. The van der Waals surface area contributed by atoms with Crippen LogP contribution in [-0.4, -0.2) is 66.7 Å². The van der Waals surface area contributed by atoms with Crippen molar-refractivity contribution in [3.05, 3.63) is 4.91 Å². The van der Waals surface area contributed by atoms with Crippen molar-refractivity contribution >= 4 is 23.6 Å². The quantitative estimate of drug-likeness (QED) is 0.401. The van der Waals surface area contributed by atoms with E-state index in [0.29, 0.717) is 0 Å². The summed E-state index contributed by atoms with van der Waals surface area (Å²) in [5, 5.41) is 2.94. The van der Waals surface area contributed by atoms with Crippen LogP contribution < -0.4 is 0 Å². The van der Waals surface area contributed by atoms with Crippen LogP contribution >= 0.6 is 0 Å². The second-order valence-corrected chi connectivity index (χ2v) is 6.47. The Bertz CT molecular complexity index is 553. The Balaban J connectivity index is 2.83. The number of carbonyl (C=O) groups excluding carboxylic acids is 4. The van der Waals surface area contributed by atoms with Crippen LogP contribution in [0.2, 0.25) is 0 Å². The summed E-state index contributed by atoms with van der Waals surface area (Å²) >= 11 is 0. The Morgan fingerprint density at radius 2 is 1.78 bits per heavy atom. The zero-order valence-corrected chi connectivity index (χ0v) is 15.9. The van der Waals surface area contributed by atoms with E-state index in [4.69, 9.17) is 14.2 Å². The number of ether oxygens (including phenoxy) is 3. The van der Waals surface area contributed by atoms with Crippen LogP contribution in [0.5, 0.6) is 0 Å². The van der Waals surface area contributed by atoms with E-state index in [9.17, 15) is 24.1 Å². The summed E-state index contributed by atoms with van der Waals surface area (Å²) in [6.07, 6.45) is 0.662. The number of Topliss-reactive ketones (excluding diaryl/α,β-unsaturated/α-hetero) is 1. The molecule has 0 aliphatic carbocycles. The smallest absolute Gasteiger partial charge is 0.327 e. The molecule has 152 valence electrons. The molecular formula is C17H26N2O8. The highest BCUT2D eigenvalue weighted by Gasteiger charge is 2.39. The SMILES string of the molecule is CC(=O)CCC(COC(C)=O)N(CC(=O)OC1(N=O)CCOCC1)C(C)=O. The topological polar surface area (TPSA) is 129 Å².